The van der Waals surface area contributed by atoms with Gasteiger partial charge < -0.3 is 26.4 Å². The van der Waals surface area contributed by atoms with E-state index in [4.69, 9.17) is 28.1 Å². The quantitative estimate of drug-likeness (QED) is 0.497. The standard InChI is InChI=1S/C21H24ClN7OS/c1-13-21(31-17-6-7-25-19(24)18(17)22)27-15(12-30)20(26-13)29-10-8-28(9-11-29)16-5-3-2-4-14(16)23/h2-7,30H,8-12,23H2,1H3,(H2,24,25). The van der Waals surface area contributed by atoms with Gasteiger partial charge in [-0.15, -0.1) is 0 Å². The van der Waals surface area contributed by atoms with E-state index >= 15 is 0 Å². The molecule has 1 fully saturated rings. The van der Waals surface area contributed by atoms with Crippen LogP contribution in [0.15, 0.2) is 46.5 Å². The van der Waals surface area contributed by atoms with Crippen molar-refractivity contribution in [3.8, 4) is 0 Å². The summed E-state index contributed by atoms with van der Waals surface area (Å²) >= 11 is 7.63. The molecule has 0 unspecified atom stereocenters. The van der Waals surface area contributed by atoms with E-state index < -0.39 is 0 Å². The van der Waals surface area contributed by atoms with Gasteiger partial charge in [-0.2, -0.15) is 0 Å². The van der Waals surface area contributed by atoms with Crippen LogP contribution in [0.2, 0.25) is 5.02 Å². The van der Waals surface area contributed by atoms with E-state index in [-0.39, 0.29) is 12.4 Å². The van der Waals surface area contributed by atoms with Gasteiger partial charge in [0.2, 0.25) is 0 Å². The third-order valence-corrected chi connectivity index (χ3v) is 6.82. The summed E-state index contributed by atoms with van der Waals surface area (Å²) in [5.41, 5.74) is 15.1. The molecule has 3 heterocycles. The number of pyridine rings is 1. The summed E-state index contributed by atoms with van der Waals surface area (Å²) in [6, 6.07) is 9.67. The first kappa shape index (κ1) is 21.5. The summed E-state index contributed by atoms with van der Waals surface area (Å²) in [4.78, 5) is 18.6. The topological polar surface area (TPSA) is 117 Å². The Balaban J connectivity index is 1.54. The molecular weight excluding hydrogens is 434 g/mol. The molecule has 2 aromatic heterocycles. The number of nitrogen functional groups attached to an aromatic ring is 2. The molecule has 3 aromatic rings. The van der Waals surface area contributed by atoms with Crippen molar-refractivity contribution in [2.45, 2.75) is 23.5 Å². The monoisotopic (exact) mass is 457 g/mol. The van der Waals surface area contributed by atoms with Crippen LogP contribution in [0.4, 0.5) is 23.0 Å². The minimum absolute atomic E-state index is 0.200. The highest BCUT2D eigenvalue weighted by Crippen LogP contribution is 2.36. The number of halogens is 1. The second kappa shape index (κ2) is 9.17. The average molecular weight is 458 g/mol. The van der Waals surface area contributed by atoms with Crippen molar-refractivity contribution in [1.29, 1.82) is 0 Å². The van der Waals surface area contributed by atoms with Crippen molar-refractivity contribution >= 4 is 46.4 Å². The van der Waals surface area contributed by atoms with Gasteiger partial charge in [-0.3, -0.25) is 0 Å². The molecule has 0 spiro atoms. The van der Waals surface area contributed by atoms with Gasteiger partial charge >= 0.3 is 0 Å². The lowest BCUT2D eigenvalue weighted by atomic mass is 10.2. The molecule has 0 saturated carbocycles. The number of nitrogens with two attached hydrogens (primary N) is 2. The minimum Gasteiger partial charge on any atom is -0.397 e. The molecule has 1 saturated heterocycles. The minimum atomic E-state index is -0.200. The molecule has 0 aliphatic carbocycles. The fraction of sp³-hybridized carbons (Fsp3) is 0.286. The number of anilines is 4. The van der Waals surface area contributed by atoms with E-state index in [2.05, 4.69) is 19.8 Å². The molecule has 4 rings (SSSR count). The third kappa shape index (κ3) is 4.48. The number of rotatable bonds is 5. The summed E-state index contributed by atoms with van der Waals surface area (Å²) in [6.45, 7) is 4.83. The average Bonchev–Trinajstić information content (AvgIpc) is 2.78. The highest BCUT2D eigenvalue weighted by molar-refractivity contribution is 7.99. The van der Waals surface area contributed by atoms with Gasteiger partial charge in [0.25, 0.3) is 0 Å². The van der Waals surface area contributed by atoms with E-state index in [0.29, 0.717) is 21.6 Å². The first-order chi connectivity index (χ1) is 15.0. The van der Waals surface area contributed by atoms with Crippen LogP contribution in [0.5, 0.6) is 0 Å². The van der Waals surface area contributed by atoms with Crippen LogP contribution >= 0.6 is 23.4 Å². The SMILES string of the molecule is Cc1nc(N2CCN(c3ccccc3N)CC2)c(CO)nc1Sc1ccnc(N)c1Cl. The summed E-state index contributed by atoms with van der Waals surface area (Å²) in [7, 11) is 0. The number of piperazine rings is 1. The molecule has 0 atom stereocenters. The maximum absolute atomic E-state index is 9.97. The number of nitrogens with zero attached hydrogens (tertiary/aromatic N) is 5. The van der Waals surface area contributed by atoms with E-state index in [9.17, 15) is 5.11 Å². The smallest absolute Gasteiger partial charge is 0.153 e. The normalized spacial score (nSPS) is 14.2. The molecule has 8 nitrogen and oxygen atoms in total. The molecule has 0 amide bonds. The Labute approximate surface area is 190 Å². The lowest BCUT2D eigenvalue weighted by molar-refractivity contribution is 0.275. The molecule has 162 valence electrons. The van der Waals surface area contributed by atoms with Gasteiger partial charge in [-0.25, -0.2) is 15.0 Å². The molecule has 1 aliphatic heterocycles. The summed E-state index contributed by atoms with van der Waals surface area (Å²) in [6.07, 6.45) is 1.60. The van der Waals surface area contributed by atoms with Crippen molar-refractivity contribution in [2.24, 2.45) is 0 Å². The Bertz CT molecular complexity index is 1090. The molecule has 1 aromatic carbocycles. The van der Waals surface area contributed by atoms with Crippen molar-refractivity contribution in [3.63, 3.8) is 0 Å². The lowest BCUT2D eigenvalue weighted by Crippen LogP contribution is -2.47. The summed E-state index contributed by atoms with van der Waals surface area (Å²) in [5, 5.41) is 11.0. The molecule has 10 heteroatoms. The molecule has 0 radical (unpaired) electrons. The second-order valence-corrected chi connectivity index (χ2v) is 8.59. The van der Waals surface area contributed by atoms with Crippen molar-refractivity contribution in [2.75, 3.05) is 47.4 Å². The number of aliphatic hydroxyl groups excluding tert-OH is 1. The number of aryl methyl sites for hydroxylation is 1. The second-order valence-electron chi connectivity index (χ2n) is 7.19. The van der Waals surface area contributed by atoms with E-state index in [1.807, 2.05) is 31.2 Å². The number of benzene rings is 1. The van der Waals surface area contributed by atoms with Gasteiger partial charge in [0.15, 0.2) is 5.82 Å². The predicted octanol–water partition coefficient (Wildman–Crippen LogP) is 2.97. The zero-order valence-corrected chi connectivity index (χ0v) is 18.7. The van der Waals surface area contributed by atoms with Gasteiger partial charge in [-0.1, -0.05) is 35.5 Å². The molecule has 0 bridgehead atoms. The maximum atomic E-state index is 9.97. The van der Waals surface area contributed by atoms with Gasteiger partial charge in [-0.05, 0) is 25.1 Å². The molecular formula is C21H24ClN7OS. The number of hydrogen-bond donors (Lipinski definition) is 3. The van der Waals surface area contributed by atoms with Crippen molar-refractivity contribution in [1.82, 2.24) is 15.0 Å². The largest absolute Gasteiger partial charge is 0.397 e. The maximum Gasteiger partial charge on any atom is 0.153 e. The Morgan fingerprint density at radius 3 is 2.48 bits per heavy atom. The van der Waals surface area contributed by atoms with Crippen LogP contribution in [0.1, 0.15) is 11.4 Å². The van der Waals surface area contributed by atoms with Gasteiger partial charge in [0, 0.05) is 37.3 Å². The van der Waals surface area contributed by atoms with Crippen LogP contribution in [0.25, 0.3) is 0 Å². The number of aromatic nitrogens is 3. The lowest BCUT2D eigenvalue weighted by Gasteiger charge is -2.37. The van der Waals surface area contributed by atoms with Crippen molar-refractivity contribution < 1.29 is 5.11 Å². The fourth-order valence-electron chi connectivity index (χ4n) is 3.54. The van der Waals surface area contributed by atoms with Crippen LogP contribution in [0.3, 0.4) is 0 Å². The van der Waals surface area contributed by atoms with Crippen LogP contribution < -0.4 is 21.3 Å². The van der Waals surface area contributed by atoms with E-state index in [1.54, 1.807) is 12.3 Å². The van der Waals surface area contributed by atoms with Gasteiger partial charge in [0.1, 0.15) is 16.5 Å². The first-order valence-electron chi connectivity index (χ1n) is 9.88. The van der Waals surface area contributed by atoms with Crippen LogP contribution in [-0.4, -0.2) is 46.2 Å². The Hall–Kier alpha value is -2.75. The predicted molar refractivity (Wildman–Crippen MR) is 126 cm³/mol. The van der Waals surface area contributed by atoms with E-state index in [1.165, 1.54) is 11.8 Å². The summed E-state index contributed by atoms with van der Waals surface area (Å²) in [5.74, 6) is 0.985. The third-order valence-electron chi connectivity index (χ3n) is 5.17. The Morgan fingerprint density at radius 2 is 1.77 bits per heavy atom. The van der Waals surface area contributed by atoms with Gasteiger partial charge in [0.05, 0.1) is 28.7 Å². The van der Waals surface area contributed by atoms with E-state index in [0.717, 1.165) is 48.1 Å². The van der Waals surface area contributed by atoms with Crippen LogP contribution in [-0.2, 0) is 6.61 Å². The van der Waals surface area contributed by atoms with Crippen molar-refractivity contribution in [3.05, 3.63) is 52.9 Å². The molecule has 1 aliphatic rings. The Morgan fingerprint density at radius 1 is 1.06 bits per heavy atom. The zero-order valence-electron chi connectivity index (χ0n) is 17.1. The number of para-hydroxylation sites is 2. The number of aliphatic hydroxyl groups is 1. The summed E-state index contributed by atoms with van der Waals surface area (Å²) < 4.78 is 0. The first-order valence-corrected chi connectivity index (χ1v) is 11.1. The zero-order chi connectivity index (χ0) is 22.0. The highest BCUT2D eigenvalue weighted by Gasteiger charge is 2.23. The van der Waals surface area contributed by atoms with Crippen LogP contribution in [0, 0.1) is 6.92 Å². The number of hydrogen-bond acceptors (Lipinski definition) is 9. The highest BCUT2D eigenvalue weighted by atomic mass is 35.5. The Kier molecular flexibility index (Phi) is 6.35. The molecule has 5 N–H and O–H groups in total. The fourth-order valence-corrected chi connectivity index (χ4v) is 4.65. The molecule has 31 heavy (non-hydrogen) atoms.